The lowest BCUT2D eigenvalue weighted by molar-refractivity contribution is 0.0617. The summed E-state index contributed by atoms with van der Waals surface area (Å²) < 4.78 is 1.80. The molecule has 0 radical (unpaired) electrons. The van der Waals surface area contributed by atoms with Crippen LogP contribution < -0.4 is 5.32 Å². The maximum atomic E-state index is 12.3. The number of carbonyl (C=O) groups is 1. The number of amides is 1. The number of nitrogens with zero attached hydrogens (tertiary/aromatic N) is 4. The van der Waals surface area contributed by atoms with Crippen LogP contribution in [0.5, 0.6) is 0 Å². The molecule has 3 aliphatic heterocycles. The fourth-order valence-corrected chi connectivity index (χ4v) is 3.32. The first-order chi connectivity index (χ1) is 9.79. The Hall–Kier alpha value is -1.95. The summed E-state index contributed by atoms with van der Waals surface area (Å²) in [4.78, 5) is 23.0. The Labute approximate surface area is 116 Å². The lowest BCUT2D eigenvalue weighted by Gasteiger charge is -2.44. The van der Waals surface area contributed by atoms with E-state index in [1.54, 1.807) is 29.3 Å². The molecule has 1 atom stereocenters. The Bertz CT molecular complexity index is 644. The van der Waals surface area contributed by atoms with Gasteiger partial charge in [-0.25, -0.2) is 9.97 Å². The minimum Gasteiger partial charge on any atom is -0.346 e. The monoisotopic (exact) mass is 271 g/mol. The third kappa shape index (κ3) is 1.96. The van der Waals surface area contributed by atoms with Crippen LogP contribution >= 0.6 is 0 Å². The van der Waals surface area contributed by atoms with E-state index in [1.807, 2.05) is 0 Å². The lowest BCUT2D eigenvalue weighted by Crippen LogP contribution is -2.57. The number of piperidine rings is 3. The highest BCUT2D eigenvalue weighted by atomic mass is 16.2. The Morgan fingerprint density at radius 1 is 1.30 bits per heavy atom. The van der Waals surface area contributed by atoms with Gasteiger partial charge in [-0.15, -0.1) is 0 Å². The molecule has 0 aromatic carbocycles. The van der Waals surface area contributed by atoms with E-state index in [4.69, 9.17) is 0 Å². The summed E-state index contributed by atoms with van der Waals surface area (Å²) >= 11 is 0. The number of hydrogen-bond acceptors (Lipinski definition) is 4. The van der Waals surface area contributed by atoms with Crippen molar-refractivity contribution in [3.05, 3.63) is 30.6 Å². The van der Waals surface area contributed by atoms with Gasteiger partial charge < -0.3 is 10.2 Å². The average molecular weight is 271 g/mol. The molecule has 3 saturated heterocycles. The molecule has 2 aromatic heterocycles. The van der Waals surface area contributed by atoms with Crippen LogP contribution in [0.2, 0.25) is 0 Å². The minimum atomic E-state index is -0.0764. The van der Waals surface area contributed by atoms with E-state index in [1.165, 1.54) is 25.9 Å². The summed E-state index contributed by atoms with van der Waals surface area (Å²) in [6, 6.07) is 2.05. The number of hydrogen-bond donors (Lipinski definition) is 1. The van der Waals surface area contributed by atoms with Crippen molar-refractivity contribution in [3.8, 4) is 0 Å². The van der Waals surface area contributed by atoms with E-state index in [2.05, 4.69) is 20.2 Å². The summed E-state index contributed by atoms with van der Waals surface area (Å²) in [6.07, 6.45) is 7.43. The van der Waals surface area contributed by atoms with Crippen molar-refractivity contribution < 1.29 is 4.79 Å². The molecule has 6 heteroatoms. The molecule has 2 aromatic rings. The van der Waals surface area contributed by atoms with E-state index in [9.17, 15) is 4.79 Å². The van der Waals surface area contributed by atoms with Crippen molar-refractivity contribution in [2.75, 3.05) is 19.6 Å². The highest BCUT2D eigenvalue weighted by Crippen LogP contribution is 2.27. The number of nitrogens with one attached hydrogen (secondary N) is 1. The van der Waals surface area contributed by atoms with Crippen LogP contribution in [0.15, 0.2) is 24.9 Å². The standard InChI is InChI=1S/C14H17N5O/c20-14(12-5-11-6-15-8-19(11)9-16-12)17-13-7-18-3-1-10(13)2-4-18/h5-6,8-10,13H,1-4,7H2,(H,17,20)/t13-/m0/s1. The van der Waals surface area contributed by atoms with Crippen LogP contribution in [0.4, 0.5) is 0 Å². The number of aromatic nitrogens is 3. The average Bonchev–Trinajstić information content (AvgIpc) is 2.96. The summed E-state index contributed by atoms with van der Waals surface area (Å²) in [5.41, 5.74) is 1.36. The van der Waals surface area contributed by atoms with Crippen molar-refractivity contribution in [3.63, 3.8) is 0 Å². The third-order valence-corrected chi connectivity index (χ3v) is 4.51. The Kier molecular flexibility index (Phi) is 2.70. The lowest BCUT2D eigenvalue weighted by atomic mass is 9.84. The maximum Gasteiger partial charge on any atom is 0.270 e. The van der Waals surface area contributed by atoms with Gasteiger partial charge in [0.15, 0.2) is 0 Å². The molecule has 20 heavy (non-hydrogen) atoms. The fraction of sp³-hybridized carbons (Fsp3) is 0.500. The van der Waals surface area contributed by atoms with Crippen LogP contribution in [-0.4, -0.2) is 50.9 Å². The first kappa shape index (κ1) is 11.8. The minimum absolute atomic E-state index is 0.0764. The number of rotatable bonds is 2. The molecular weight excluding hydrogens is 254 g/mol. The van der Waals surface area contributed by atoms with Crippen molar-refractivity contribution in [2.24, 2.45) is 5.92 Å². The molecule has 104 valence electrons. The zero-order valence-corrected chi connectivity index (χ0v) is 11.2. The van der Waals surface area contributed by atoms with Crippen molar-refractivity contribution in [1.29, 1.82) is 0 Å². The quantitative estimate of drug-likeness (QED) is 0.866. The van der Waals surface area contributed by atoms with Gasteiger partial charge in [0, 0.05) is 12.6 Å². The molecule has 3 aliphatic rings. The second kappa shape index (κ2) is 4.56. The van der Waals surface area contributed by atoms with Crippen molar-refractivity contribution in [2.45, 2.75) is 18.9 Å². The van der Waals surface area contributed by atoms with Crippen LogP contribution in [0.25, 0.3) is 5.52 Å². The molecule has 3 fully saturated rings. The number of imidazole rings is 1. The van der Waals surface area contributed by atoms with Gasteiger partial charge in [-0.05, 0) is 37.9 Å². The summed E-state index contributed by atoms with van der Waals surface area (Å²) in [5.74, 6) is 0.551. The van der Waals surface area contributed by atoms with Crippen LogP contribution in [0, 0.1) is 5.92 Å². The molecule has 0 spiro atoms. The molecule has 5 rings (SSSR count). The predicted octanol–water partition coefficient (Wildman–Crippen LogP) is 0.553. The van der Waals surface area contributed by atoms with Gasteiger partial charge in [0.25, 0.3) is 5.91 Å². The molecule has 1 amide bonds. The summed E-state index contributed by atoms with van der Waals surface area (Å²) in [5, 5.41) is 3.15. The van der Waals surface area contributed by atoms with Gasteiger partial charge >= 0.3 is 0 Å². The topological polar surface area (TPSA) is 62.5 Å². The van der Waals surface area contributed by atoms with Gasteiger partial charge in [0.05, 0.1) is 11.7 Å². The third-order valence-electron chi connectivity index (χ3n) is 4.51. The van der Waals surface area contributed by atoms with Gasteiger partial charge in [0.2, 0.25) is 0 Å². The van der Waals surface area contributed by atoms with E-state index in [-0.39, 0.29) is 11.9 Å². The molecular formula is C14H17N5O. The zero-order chi connectivity index (χ0) is 13.5. The maximum absolute atomic E-state index is 12.3. The van der Waals surface area contributed by atoms with E-state index in [0.717, 1.165) is 12.1 Å². The van der Waals surface area contributed by atoms with E-state index < -0.39 is 0 Å². The Morgan fingerprint density at radius 3 is 2.90 bits per heavy atom. The van der Waals surface area contributed by atoms with Crippen LogP contribution in [-0.2, 0) is 0 Å². The highest BCUT2D eigenvalue weighted by molar-refractivity contribution is 5.93. The number of carbonyl (C=O) groups excluding carboxylic acids is 1. The summed E-state index contributed by atoms with van der Waals surface area (Å²) in [7, 11) is 0. The largest absolute Gasteiger partial charge is 0.346 e. The number of fused-ring (bicyclic) bond motifs is 4. The Balaban J connectivity index is 1.52. The second-order valence-electron chi connectivity index (χ2n) is 5.72. The highest BCUT2D eigenvalue weighted by Gasteiger charge is 2.35. The van der Waals surface area contributed by atoms with Gasteiger partial charge in [-0.3, -0.25) is 9.20 Å². The van der Waals surface area contributed by atoms with Crippen LogP contribution in [0.1, 0.15) is 23.3 Å². The van der Waals surface area contributed by atoms with Gasteiger partial charge in [-0.1, -0.05) is 0 Å². The Morgan fingerprint density at radius 2 is 2.15 bits per heavy atom. The molecule has 1 N–H and O–H groups in total. The second-order valence-corrected chi connectivity index (χ2v) is 5.72. The van der Waals surface area contributed by atoms with Crippen LogP contribution in [0.3, 0.4) is 0 Å². The van der Waals surface area contributed by atoms with E-state index >= 15 is 0 Å². The van der Waals surface area contributed by atoms with Crippen molar-refractivity contribution >= 4 is 11.4 Å². The SMILES string of the molecule is O=C(N[C@H]1CN2CCC1CC2)c1cc2cncn2cn1. The zero-order valence-electron chi connectivity index (χ0n) is 11.2. The molecule has 6 nitrogen and oxygen atoms in total. The fourth-order valence-electron chi connectivity index (χ4n) is 3.32. The van der Waals surface area contributed by atoms with Gasteiger partial charge in [-0.2, -0.15) is 0 Å². The normalized spacial score (nSPS) is 28.7. The molecule has 5 heterocycles. The molecule has 2 bridgehead atoms. The molecule has 0 unspecified atom stereocenters. The summed E-state index contributed by atoms with van der Waals surface area (Å²) in [6.45, 7) is 3.33. The van der Waals surface area contributed by atoms with Gasteiger partial charge in [0.1, 0.15) is 18.3 Å². The van der Waals surface area contributed by atoms with Crippen molar-refractivity contribution in [1.82, 2.24) is 24.6 Å². The molecule has 0 aliphatic carbocycles. The van der Waals surface area contributed by atoms with E-state index in [0.29, 0.717) is 11.6 Å². The first-order valence-electron chi connectivity index (χ1n) is 7.10. The smallest absolute Gasteiger partial charge is 0.270 e. The molecule has 0 saturated carbocycles. The first-order valence-corrected chi connectivity index (χ1v) is 7.10. The predicted molar refractivity (Wildman–Crippen MR) is 73.4 cm³/mol.